The van der Waals surface area contributed by atoms with Gasteiger partial charge in [0.1, 0.15) is 11.5 Å². The summed E-state index contributed by atoms with van der Waals surface area (Å²) in [5.41, 5.74) is 1.29. The molecular weight excluding hydrogens is 657 g/mol. The van der Waals surface area contributed by atoms with Crippen molar-refractivity contribution in [2.24, 2.45) is 0 Å². The Labute approximate surface area is 308 Å². The third-order valence-electron chi connectivity index (χ3n) is 9.94. The molecule has 0 aliphatic heterocycles. The van der Waals surface area contributed by atoms with Crippen LogP contribution in [0.3, 0.4) is 0 Å². The standard InChI is InChI=1S/C46H54O3Si2/c1-8-9-10-11-24-33-41-42(36-47)44(49-51(46(5,6)7,39-29-20-14-21-30-39)40-31-22-15-23-32-40)35-34-43(41)48-50(45(2,3)4,37-25-16-12-17-26-37)38-27-18-13-19-28-38/h12-36H,8-11H2,1-7H3/b33-24+. The summed E-state index contributed by atoms with van der Waals surface area (Å²) in [6, 6.07) is 46.5. The van der Waals surface area contributed by atoms with Gasteiger partial charge in [-0.15, -0.1) is 0 Å². The van der Waals surface area contributed by atoms with E-state index in [2.05, 4.69) is 170 Å². The van der Waals surface area contributed by atoms with Gasteiger partial charge in [0.15, 0.2) is 6.29 Å². The zero-order valence-electron chi connectivity index (χ0n) is 31.5. The van der Waals surface area contributed by atoms with Crippen molar-refractivity contribution >= 4 is 49.7 Å². The number of allylic oxidation sites excluding steroid dienone is 1. The summed E-state index contributed by atoms with van der Waals surface area (Å²) in [7, 11) is -6.02. The number of benzene rings is 5. The van der Waals surface area contributed by atoms with Crippen molar-refractivity contribution in [3.05, 3.63) is 151 Å². The van der Waals surface area contributed by atoms with Gasteiger partial charge in [-0.05, 0) is 55.8 Å². The second-order valence-corrected chi connectivity index (χ2v) is 23.9. The van der Waals surface area contributed by atoms with Crippen molar-refractivity contribution in [3.63, 3.8) is 0 Å². The van der Waals surface area contributed by atoms with Crippen LogP contribution >= 0.6 is 0 Å². The molecule has 0 aromatic heterocycles. The van der Waals surface area contributed by atoms with Crippen molar-refractivity contribution in [1.29, 1.82) is 0 Å². The molecule has 0 saturated carbocycles. The van der Waals surface area contributed by atoms with Gasteiger partial charge in [0.2, 0.25) is 0 Å². The Morgan fingerprint density at radius 3 is 1.18 bits per heavy atom. The number of unbranched alkanes of at least 4 members (excludes halogenated alkanes) is 3. The number of hydrogen-bond acceptors (Lipinski definition) is 3. The highest BCUT2D eigenvalue weighted by Gasteiger charge is 2.54. The number of aldehydes is 1. The third-order valence-corrected chi connectivity index (χ3v) is 19.8. The first-order chi connectivity index (χ1) is 24.5. The highest BCUT2D eigenvalue weighted by Crippen LogP contribution is 2.43. The molecule has 264 valence electrons. The Kier molecular flexibility index (Phi) is 12.1. The molecule has 0 bridgehead atoms. The van der Waals surface area contributed by atoms with Crippen LogP contribution < -0.4 is 29.6 Å². The molecule has 0 heterocycles. The molecule has 5 rings (SSSR count). The third kappa shape index (κ3) is 7.75. The minimum atomic E-state index is -3.02. The predicted molar refractivity (Wildman–Crippen MR) is 222 cm³/mol. The van der Waals surface area contributed by atoms with E-state index >= 15 is 0 Å². The molecule has 0 aliphatic carbocycles. The Morgan fingerprint density at radius 2 is 0.863 bits per heavy atom. The summed E-state index contributed by atoms with van der Waals surface area (Å²) in [5.74, 6) is 1.29. The van der Waals surface area contributed by atoms with Crippen LogP contribution in [0.1, 0.15) is 90.1 Å². The summed E-state index contributed by atoms with van der Waals surface area (Å²) >= 11 is 0. The molecule has 0 radical (unpaired) electrons. The van der Waals surface area contributed by atoms with E-state index < -0.39 is 16.6 Å². The molecule has 3 nitrogen and oxygen atoms in total. The maximum Gasteiger partial charge on any atom is 0.319 e. The van der Waals surface area contributed by atoms with Gasteiger partial charge in [-0.3, -0.25) is 4.79 Å². The van der Waals surface area contributed by atoms with Crippen LogP contribution in [0.4, 0.5) is 0 Å². The molecule has 0 unspecified atom stereocenters. The fourth-order valence-electron chi connectivity index (χ4n) is 7.41. The van der Waals surface area contributed by atoms with Crippen LogP contribution in [0, 0.1) is 0 Å². The van der Waals surface area contributed by atoms with Gasteiger partial charge in [0.05, 0.1) is 5.56 Å². The lowest BCUT2D eigenvalue weighted by Crippen LogP contribution is -2.69. The van der Waals surface area contributed by atoms with E-state index in [1.807, 2.05) is 24.3 Å². The van der Waals surface area contributed by atoms with Gasteiger partial charge >= 0.3 is 16.6 Å². The van der Waals surface area contributed by atoms with E-state index in [0.29, 0.717) is 17.1 Å². The highest BCUT2D eigenvalue weighted by molar-refractivity contribution is 7.00. The molecule has 0 fully saturated rings. The summed E-state index contributed by atoms with van der Waals surface area (Å²) in [5, 5.41) is 4.16. The molecule has 0 amide bonds. The van der Waals surface area contributed by atoms with E-state index in [9.17, 15) is 4.79 Å². The molecule has 0 spiro atoms. The summed E-state index contributed by atoms with van der Waals surface area (Å²) in [6.07, 6.45) is 9.59. The number of carbonyl (C=O) groups excluding carboxylic acids is 1. The highest BCUT2D eigenvalue weighted by atomic mass is 28.4. The van der Waals surface area contributed by atoms with Crippen molar-refractivity contribution in [1.82, 2.24) is 0 Å². The maximum atomic E-state index is 13.5. The Bertz CT molecular complexity index is 1800. The number of carbonyl (C=O) groups is 1. The quantitative estimate of drug-likeness (QED) is 0.0654. The van der Waals surface area contributed by atoms with E-state index in [1.165, 1.54) is 10.4 Å². The Morgan fingerprint density at radius 1 is 0.510 bits per heavy atom. The van der Waals surface area contributed by atoms with Gasteiger partial charge in [-0.25, -0.2) is 0 Å². The topological polar surface area (TPSA) is 35.5 Å². The van der Waals surface area contributed by atoms with E-state index in [4.69, 9.17) is 8.85 Å². The van der Waals surface area contributed by atoms with Gasteiger partial charge in [0, 0.05) is 5.56 Å². The van der Waals surface area contributed by atoms with Crippen molar-refractivity contribution in [3.8, 4) is 11.5 Å². The monoisotopic (exact) mass is 710 g/mol. The number of hydrogen-bond donors (Lipinski definition) is 0. The normalized spacial score (nSPS) is 12.5. The van der Waals surface area contributed by atoms with Crippen LogP contribution in [0.15, 0.2) is 140 Å². The molecule has 51 heavy (non-hydrogen) atoms. The lowest BCUT2D eigenvalue weighted by molar-refractivity contribution is 0.112. The summed E-state index contributed by atoms with van der Waals surface area (Å²) in [6.45, 7) is 15.8. The molecule has 5 aromatic rings. The molecule has 0 saturated heterocycles. The Balaban J connectivity index is 1.77. The second-order valence-electron chi connectivity index (χ2n) is 15.4. The molecule has 5 aromatic carbocycles. The minimum Gasteiger partial charge on any atom is -0.534 e. The van der Waals surface area contributed by atoms with Crippen LogP contribution in [0.2, 0.25) is 10.1 Å². The lowest BCUT2D eigenvalue weighted by atomic mass is 10.0. The molecule has 0 atom stereocenters. The molecule has 0 N–H and O–H groups in total. The average Bonchev–Trinajstić information content (AvgIpc) is 3.13. The SMILES string of the molecule is CCCCC/C=C/c1c(O[Si](c2ccccc2)(c2ccccc2)C(C)(C)C)ccc(O[Si](c2ccccc2)(c2ccccc2)C(C)(C)C)c1C=O. The Hall–Kier alpha value is -4.46. The maximum absolute atomic E-state index is 13.5. The van der Waals surface area contributed by atoms with Gasteiger partial charge in [0.25, 0.3) is 0 Å². The fraction of sp³-hybridized carbons (Fsp3) is 0.283. The zero-order chi connectivity index (χ0) is 36.5. The average molecular weight is 711 g/mol. The van der Waals surface area contributed by atoms with Crippen molar-refractivity contribution in [2.75, 3.05) is 0 Å². The second kappa shape index (κ2) is 16.3. The smallest absolute Gasteiger partial charge is 0.319 e. The van der Waals surface area contributed by atoms with Gasteiger partial charge < -0.3 is 8.85 Å². The number of rotatable bonds is 14. The van der Waals surface area contributed by atoms with E-state index in [0.717, 1.165) is 47.9 Å². The predicted octanol–water partition coefficient (Wildman–Crippen LogP) is 9.97. The molecular formula is C46H54O3Si2. The van der Waals surface area contributed by atoms with Crippen LogP contribution in [0.25, 0.3) is 6.08 Å². The fourth-order valence-corrected chi connectivity index (χ4v) is 16.3. The lowest BCUT2D eigenvalue weighted by Gasteiger charge is -2.44. The summed E-state index contributed by atoms with van der Waals surface area (Å²) in [4.78, 5) is 13.5. The zero-order valence-corrected chi connectivity index (χ0v) is 33.5. The van der Waals surface area contributed by atoms with Gasteiger partial charge in [-0.2, -0.15) is 0 Å². The summed E-state index contributed by atoms with van der Waals surface area (Å²) < 4.78 is 15.1. The van der Waals surface area contributed by atoms with Crippen LogP contribution in [0.5, 0.6) is 11.5 Å². The van der Waals surface area contributed by atoms with Crippen LogP contribution in [-0.2, 0) is 0 Å². The molecule has 5 heteroatoms. The van der Waals surface area contributed by atoms with E-state index in [-0.39, 0.29) is 10.1 Å². The van der Waals surface area contributed by atoms with Gasteiger partial charge in [-0.1, -0.05) is 195 Å². The van der Waals surface area contributed by atoms with Crippen LogP contribution in [-0.4, -0.2) is 22.9 Å². The first-order valence-electron chi connectivity index (χ1n) is 18.4. The minimum absolute atomic E-state index is 0.247. The van der Waals surface area contributed by atoms with E-state index in [1.54, 1.807) is 0 Å². The largest absolute Gasteiger partial charge is 0.534 e. The van der Waals surface area contributed by atoms with Crippen molar-refractivity contribution in [2.45, 2.75) is 84.2 Å². The first kappa shape index (κ1) is 37.8. The van der Waals surface area contributed by atoms with Crippen molar-refractivity contribution < 1.29 is 13.6 Å². The molecule has 0 aliphatic rings. The first-order valence-corrected chi connectivity index (χ1v) is 22.2.